The van der Waals surface area contributed by atoms with E-state index in [4.69, 9.17) is 4.74 Å². The van der Waals surface area contributed by atoms with Crippen LogP contribution in [0.1, 0.15) is 37.1 Å². The fourth-order valence-electron chi connectivity index (χ4n) is 3.55. The minimum Gasteiger partial charge on any atom is -0.394 e. The Hall–Kier alpha value is -1.65. The average Bonchev–Trinajstić information content (AvgIpc) is 2.66. The Morgan fingerprint density at radius 2 is 2.04 bits per heavy atom. The number of nitrogens with zero attached hydrogens (tertiary/aromatic N) is 3. The maximum absolute atomic E-state index is 11.1. The van der Waals surface area contributed by atoms with Crippen LogP contribution in [-0.4, -0.2) is 63.0 Å². The van der Waals surface area contributed by atoms with Gasteiger partial charge in [0.05, 0.1) is 17.9 Å². The molecule has 0 spiro atoms. The molecule has 2 unspecified atom stereocenters. The van der Waals surface area contributed by atoms with Crippen molar-refractivity contribution < 1.29 is 29.7 Å². The molecule has 9 nitrogen and oxygen atoms in total. The van der Waals surface area contributed by atoms with Crippen molar-refractivity contribution in [3.05, 3.63) is 35.0 Å². The van der Waals surface area contributed by atoms with Crippen molar-refractivity contribution in [1.82, 2.24) is 5.01 Å². The van der Waals surface area contributed by atoms with Crippen LogP contribution in [0.25, 0.3) is 0 Å². The van der Waals surface area contributed by atoms with E-state index in [-0.39, 0.29) is 6.04 Å². The van der Waals surface area contributed by atoms with Crippen LogP contribution >= 0.6 is 0 Å². The predicted molar refractivity (Wildman–Crippen MR) is 84.7 cm³/mol. The first-order valence-corrected chi connectivity index (χ1v) is 8.48. The summed E-state index contributed by atoms with van der Waals surface area (Å²) in [5.74, 6) is 0. The predicted octanol–water partition coefficient (Wildman–Crippen LogP) is -0.845. The summed E-state index contributed by atoms with van der Waals surface area (Å²) in [5, 5.41) is 44.0. The molecule has 9 heteroatoms. The molecular weight excluding hydrogens is 330 g/mol. The van der Waals surface area contributed by atoms with Crippen LogP contribution in [0.2, 0.25) is 0 Å². The average molecular weight is 354 g/mol. The van der Waals surface area contributed by atoms with Crippen LogP contribution < -0.4 is 4.57 Å². The highest BCUT2D eigenvalue weighted by molar-refractivity contribution is 5.12. The van der Waals surface area contributed by atoms with Crippen molar-refractivity contribution in [1.29, 1.82) is 0 Å². The van der Waals surface area contributed by atoms with Crippen molar-refractivity contribution in [2.45, 2.75) is 55.9 Å². The summed E-state index contributed by atoms with van der Waals surface area (Å²) >= 11 is 0. The number of aliphatic hydroxyl groups is 4. The summed E-state index contributed by atoms with van der Waals surface area (Å²) in [6.07, 6.45) is -0.0110. The van der Waals surface area contributed by atoms with Crippen LogP contribution in [0.4, 0.5) is 0 Å². The molecule has 3 rings (SSSR count). The second-order valence-electron chi connectivity index (χ2n) is 6.56. The van der Waals surface area contributed by atoms with Crippen molar-refractivity contribution >= 4 is 0 Å². The number of hydrogen-bond acceptors (Lipinski definition) is 7. The molecule has 2 aliphatic heterocycles. The molecule has 2 fully saturated rings. The molecule has 4 N–H and O–H groups in total. The lowest BCUT2D eigenvalue weighted by molar-refractivity contribution is -0.778. The van der Waals surface area contributed by atoms with Crippen molar-refractivity contribution in [2.24, 2.45) is 5.29 Å². The third kappa shape index (κ3) is 3.51. The number of aliphatic hydroxyl groups excluding tert-OH is 4. The summed E-state index contributed by atoms with van der Waals surface area (Å²) in [7, 11) is 0. The van der Waals surface area contributed by atoms with E-state index in [9.17, 15) is 25.3 Å². The Morgan fingerprint density at radius 1 is 1.24 bits per heavy atom. The summed E-state index contributed by atoms with van der Waals surface area (Å²) in [5.41, 5.74) is 0.846. The monoisotopic (exact) mass is 354 g/mol. The number of nitroso groups, excluding NO2 is 1. The SMILES string of the molecule is O=NN1CCCCC1c1ccc[n+]([C@@H]2OC(CO)[C@@H](O)[C@H](O)[C@@H]2O)c1. The van der Waals surface area contributed by atoms with E-state index in [0.29, 0.717) is 6.54 Å². The lowest BCUT2D eigenvalue weighted by atomic mass is 9.97. The highest BCUT2D eigenvalue weighted by Gasteiger charge is 2.48. The van der Waals surface area contributed by atoms with Gasteiger partial charge < -0.3 is 25.2 Å². The third-order valence-electron chi connectivity index (χ3n) is 4.97. The lowest BCUT2D eigenvalue weighted by Gasteiger charge is -2.37. The quantitative estimate of drug-likeness (QED) is 0.410. The van der Waals surface area contributed by atoms with Crippen LogP contribution in [-0.2, 0) is 4.74 Å². The smallest absolute Gasteiger partial charge is 0.292 e. The zero-order valence-corrected chi connectivity index (χ0v) is 13.8. The molecule has 2 saturated heterocycles. The fourth-order valence-corrected chi connectivity index (χ4v) is 3.55. The van der Waals surface area contributed by atoms with Crippen molar-refractivity contribution in [2.75, 3.05) is 13.2 Å². The maximum atomic E-state index is 11.1. The topological polar surface area (TPSA) is 127 Å². The summed E-state index contributed by atoms with van der Waals surface area (Å²) in [6.45, 7) is 0.121. The molecule has 1 aromatic rings. The van der Waals surface area contributed by atoms with E-state index >= 15 is 0 Å². The van der Waals surface area contributed by atoms with E-state index in [1.165, 1.54) is 5.01 Å². The van der Waals surface area contributed by atoms with E-state index in [1.54, 1.807) is 23.0 Å². The van der Waals surface area contributed by atoms with Crippen LogP contribution in [0.3, 0.4) is 0 Å². The van der Waals surface area contributed by atoms with Gasteiger partial charge in [-0.1, -0.05) is 0 Å². The standard InChI is InChI=1S/C16H24N3O6/c20-9-12-13(21)14(22)15(23)16(25-12)18-6-3-4-10(8-18)11-5-1-2-7-19(11)17-24/h3-4,6,8,11-16,20-23H,1-2,5,7,9H2/q+1/t11?,12?,13-,14+,15+,16-/m1/s1. The number of hydrogen-bond donors (Lipinski definition) is 4. The van der Waals surface area contributed by atoms with Gasteiger partial charge in [0.1, 0.15) is 18.3 Å². The van der Waals surface area contributed by atoms with E-state index in [1.807, 2.05) is 6.07 Å². The van der Waals surface area contributed by atoms with Gasteiger partial charge in [-0.2, -0.15) is 4.57 Å². The van der Waals surface area contributed by atoms with Gasteiger partial charge in [0.15, 0.2) is 18.5 Å². The van der Waals surface area contributed by atoms with Gasteiger partial charge >= 0.3 is 0 Å². The Labute approximate surface area is 145 Å². The molecule has 1 aromatic heterocycles. The zero-order valence-electron chi connectivity index (χ0n) is 13.8. The lowest BCUT2D eigenvalue weighted by Crippen LogP contribution is -2.62. The second kappa shape index (κ2) is 7.71. The largest absolute Gasteiger partial charge is 0.394 e. The third-order valence-corrected chi connectivity index (χ3v) is 4.97. The highest BCUT2D eigenvalue weighted by Crippen LogP contribution is 2.31. The normalized spacial score (nSPS) is 36.2. The number of pyridine rings is 1. The van der Waals surface area contributed by atoms with Crippen molar-refractivity contribution in [3.63, 3.8) is 0 Å². The molecule has 0 aromatic carbocycles. The fraction of sp³-hybridized carbons (Fsp3) is 0.688. The van der Waals surface area contributed by atoms with Gasteiger partial charge in [0, 0.05) is 18.2 Å². The summed E-state index contributed by atoms with van der Waals surface area (Å²) < 4.78 is 7.14. The number of ether oxygens (including phenoxy) is 1. The molecule has 0 aliphatic carbocycles. The van der Waals surface area contributed by atoms with Gasteiger partial charge in [-0.05, 0) is 25.3 Å². The van der Waals surface area contributed by atoms with Gasteiger partial charge in [0.25, 0.3) is 6.23 Å². The molecule has 2 aliphatic rings. The van der Waals surface area contributed by atoms with Gasteiger partial charge in [-0.15, -0.1) is 4.91 Å². The molecule has 6 atom stereocenters. The van der Waals surface area contributed by atoms with Crippen molar-refractivity contribution in [3.8, 4) is 0 Å². The highest BCUT2D eigenvalue weighted by atomic mass is 16.6. The summed E-state index contributed by atoms with van der Waals surface area (Å²) in [6, 6.07) is 3.48. The molecule has 138 valence electrons. The van der Waals surface area contributed by atoms with E-state index in [2.05, 4.69) is 5.29 Å². The van der Waals surface area contributed by atoms with Crippen LogP contribution in [0, 0.1) is 4.91 Å². The molecule has 0 amide bonds. The number of piperidine rings is 1. The molecule has 0 saturated carbocycles. The molecule has 3 heterocycles. The maximum Gasteiger partial charge on any atom is 0.292 e. The molecule has 25 heavy (non-hydrogen) atoms. The first kappa shape index (κ1) is 18.2. The minimum absolute atomic E-state index is 0.149. The van der Waals surface area contributed by atoms with Gasteiger partial charge in [-0.25, -0.2) is 0 Å². The van der Waals surface area contributed by atoms with Gasteiger partial charge in [0.2, 0.25) is 0 Å². The first-order chi connectivity index (χ1) is 12.1. The second-order valence-corrected chi connectivity index (χ2v) is 6.56. The van der Waals surface area contributed by atoms with Crippen LogP contribution in [0.5, 0.6) is 0 Å². The Kier molecular flexibility index (Phi) is 5.60. The van der Waals surface area contributed by atoms with Gasteiger partial charge in [-0.3, -0.25) is 5.01 Å². The molecular formula is C16H24N3O6+. The number of rotatable bonds is 4. The first-order valence-electron chi connectivity index (χ1n) is 8.48. The molecule has 0 bridgehead atoms. The summed E-state index contributed by atoms with van der Waals surface area (Å²) in [4.78, 5) is 11.1. The minimum atomic E-state index is -1.44. The van der Waals surface area contributed by atoms with E-state index in [0.717, 1.165) is 24.8 Å². The van der Waals surface area contributed by atoms with E-state index < -0.39 is 37.3 Å². The number of aromatic nitrogens is 1. The zero-order chi connectivity index (χ0) is 18.0. The molecule has 0 radical (unpaired) electrons. The Balaban J connectivity index is 1.86. The van der Waals surface area contributed by atoms with Crippen LogP contribution in [0.15, 0.2) is 29.8 Å². The Bertz CT molecular complexity index is 601. The Morgan fingerprint density at radius 3 is 2.76 bits per heavy atom.